The smallest absolute Gasteiger partial charge is 0.336 e. The first-order valence-corrected chi connectivity index (χ1v) is 8.57. The molecule has 4 nitrogen and oxygen atoms in total. The molecule has 0 aliphatic heterocycles. The highest BCUT2D eigenvalue weighted by Crippen LogP contribution is 2.23. The minimum absolute atomic E-state index is 0.340. The lowest BCUT2D eigenvalue weighted by molar-refractivity contribution is 0.414. The summed E-state index contributed by atoms with van der Waals surface area (Å²) in [7, 11) is 1.60. The molecule has 2 aromatic carbocycles. The number of rotatable bonds is 7. The Kier molecular flexibility index (Phi) is 5.51. The summed E-state index contributed by atoms with van der Waals surface area (Å²) < 4.78 is 10.5. The fraction of sp³-hybridized carbons (Fsp3) is 0.286. The quantitative estimate of drug-likeness (QED) is 0.660. The molecular formula is C21H23NO3. The second-order valence-corrected chi connectivity index (χ2v) is 6.10. The predicted molar refractivity (Wildman–Crippen MR) is 100 cm³/mol. The zero-order valence-electron chi connectivity index (χ0n) is 14.6. The molecule has 130 valence electrons. The van der Waals surface area contributed by atoms with Crippen LogP contribution < -0.4 is 15.7 Å². The van der Waals surface area contributed by atoms with Crippen molar-refractivity contribution in [1.29, 1.82) is 0 Å². The Hall–Kier alpha value is -2.59. The van der Waals surface area contributed by atoms with Crippen LogP contribution in [0.15, 0.2) is 63.8 Å². The Bertz CT molecular complexity index is 887. The summed E-state index contributed by atoms with van der Waals surface area (Å²) in [6.45, 7) is 3.67. The van der Waals surface area contributed by atoms with Gasteiger partial charge >= 0.3 is 5.63 Å². The number of nitrogens with one attached hydrogen (secondary N) is 1. The molecule has 25 heavy (non-hydrogen) atoms. The number of hydrogen-bond donors (Lipinski definition) is 1. The van der Waals surface area contributed by atoms with Crippen LogP contribution in [0.2, 0.25) is 0 Å². The number of ether oxygens (including phenoxy) is 1. The van der Waals surface area contributed by atoms with Crippen LogP contribution >= 0.6 is 0 Å². The van der Waals surface area contributed by atoms with Crippen molar-refractivity contribution in [3.05, 3.63) is 76.1 Å². The average molecular weight is 337 g/mol. The van der Waals surface area contributed by atoms with Gasteiger partial charge in [0.1, 0.15) is 11.3 Å². The van der Waals surface area contributed by atoms with Crippen LogP contribution in [-0.4, -0.2) is 13.7 Å². The molecule has 3 aromatic rings. The Balaban J connectivity index is 1.75. The molecule has 1 heterocycles. The molecule has 0 bridgehead atoms. The molecule has 0 saturated carbocycles. The summed E-state index contributed by atoms with van der Waals surface area (Å²) in [6.07, 6.45) is 1.06. The summed E-state index contributed by atoms with van der Waals surface area (Å²) in [5, 5.41) is 4.42. The predicted octanol–water partition coefficient (Wildman–Crippen LogP) is 4.09. The molecule has 0 aliphatic carbocycles. The van der Waals surface area contributed by atoms with E-state index in [1.54, 1.807) is 19.2 Å². The van der Waals surface area contributed by atoms with Crippen molar-refractivity contribution in [3.8, 4) is 5.75 Å². The normalized spacial score (nSPS) is 12.2. The Morgan fingerprint density at radius 3 is 2.64 bits per heavy atom. The van der Waals surface area contributed by atoms with E-state index in [0.29, 0.717) is 23.8 Å². The van der Waals surface area contributed by atoms with E-state index < -0.39 is 0 Å². The first-order chi connectivity index (χ1) is 12.2. The van der Waals surface area contributed by atoms with Gasteiger partial charge < -0.3 is 14.5 Å². The summed E-state index contributed by atoms with van der Waals surface area (Å²) in [5.41, 5.74) is 2.49. The fourth-order valence-electron chi connectivity index (χ4n) is 3.09. The van der Waals surface area contributed by atoms with Crippen LogP contribution in [0.5, 0.6) is 5.75 Å². The van der Waals surface area contributed by atoms with E-state index in [2.05, 4.69) is 36.5 Å². The summed E-state index contributed by atoms with van der Waals surface area (Å²) in [5.74, 6) is 1.13. The third-order valence-corrected chi connectivity index (χ3v) is 4.51. The molecule has 1 atom stereocenters. The summed E-state index contributed by atoms with van der Waals surface area (Å²) in [6, 6.07) is 17.6. The third kappa shape index (κ3) is 4.09. The zero-order valence-corrected chi connectivity index (χ0v) is 14.6. The van der Waals surface area contributed by atoms with Crippen molar-refractivity contribution < 1.29 is 9.15 Å². The van der Waals surface area contributed by atoms with Crippen LogP contribution in [0, 0.1) is 0 Å². The number of fused-ring (bicyclic) bond motifs is 1. The highest BCUT2D eigenvalue weighted by molar-refractivity contribution is 5.81. The molecule has 0 radical (unpaired) electrons. The summed E-state index contributed by atoms with van der Waals surface area (Å²) >= 11 is 0. The highest BCUT2D eigenvalue weighted by atomic mass is 16.5. The van der Waals surface area contributed by atoms with Gasteiger partial charge in [0.2, 0.25) is 0 Å². The molecule has 0 aliphatic rings. The van der Waals surface area contributed by atoms with E-state index in [-0.39, 0.29) is 5.63 Å². The van der Waals surface area contributed by atoms with Crippen molar-refractivity contribution in [2.24, 2.45) is 0 Å². The molecule has 0 unspecified atom stereocenters. The largest absolute Gasteiger partial charge is 0.497 e. The molecule has 0 amide bonds. The molecule has 3 rings (SSSR count). The van der Waals surface area contributed by atoms with Crippen molar-refractivity contribution in [2.45, 2.75) is 25.8 Å². The van der Waals surface area contributed by atoms with Crippen LogP contribution in [0.25, 0.3) is 11.0 Å². The van der Waals surface area contributed by atoms with Crippen molar-refractivity contribution in [1.82, 2.24) is 5.32 Å². The maximum atomic E-state index is 11.8. The maximum Gasteiger partial charge on any atom is 0.336 e. The van der Waals surface area contributed by atoms with Gasteiger partial charge in [-0.25, -0.2) is 4.79 Å². The molecule has 1 N–H and O–H groups in total. The van der Waals surface area contributed by atoms with Gasteiger partial charge in [-0.1, -0.05) is 37.3 Å². The minimum Gasteiger partial charge on any atom is -0.497 e. The van der Waals surface area contributed by atoms with Gasteiger partial charge in [0.25, 0.3) is 0 Å². The maximum absolute atomic E-state index is 11.8. The lowest BCUT2D eigenvalue weighted by Gasteiger charge is -2.16. The van der Waals surface area contributed by atoms with Gasteiger partial charge in [0.05, 0.1) is 7.11 Å². The molecule has 0 fully saturated rings. The van der Waals surface area contributed by atoms with Gasteiger partial charge in [-0.15, -0.1) is 0 Å². The van der Waals surface area contributed by atoms with Gasteiger partial charge in [-0.3, -0.25) is 0 Å². The van der Waals surface area contributed by atoms with Crippen molar-refractivity contribution in [3.63, 3.8) is 0 Å². The van der Waals surface area contributed by atoms with E-state index in [9.17, 15) is 4.79 Å². The first-order valence-electron chi connectivity index (χ1n) is 8.57. The number of methoxy groups -OCH3 is 1. The zero-order chi connectivity index (χ0) is 17.6. The fourth-order valence-corrected chi connectivity index (χ4v) is 3.09. The lowest BCUT2D eigenvalue weighted by atomic mass is 9.96. The van der Waals surface area contributed by atoms with Crippen molar-refractivity contribution >= 4 is 11.0 Å². The SMILES string of the molecule is CC[C@@H](CNCc1cc(=O)oc2cc(OC)ccc12)c1ccccc1. The number of hydrogen-bond acceptors (Lipinski definition) is 4. The minimum atomic E-state index is -0.340. The highest BCUT2D eigenvalue weighted by Gasteiger charge is 2.10. The second-order valence-electron chi connectivity index (χ2n) is 6.10. The molecule has 0 spiro atoms. The standard InChI is InChI=1S/C21H23NO3/c1-3-15(16-7-5-4-6-8-16)13-22-14-17-11-21(23)25-20-12-18(24-2)9-10-19(17)20/h4-12,15,22H,3,13-14H2,1-2H3/t15-/m0/s1. The van der Waals surface area contributed by atoms with Crippen LogP contribution in [-0.2, 0) is 6.54 Å². The van der Waals surface area contributed by atoms with E-state index >= 15 is 0 Å². The van der Waals surface area contributed by atoms with Crippen LogP contribution in [0.1, 0.15) is 30.4 Å². The summed E-state index contributed by atoms with van der Waals surface area (Å²) in [4.78, 5) is 11.8. The Morgan fingerprint density at radius 1 is 1.12 bits per heavy atom. The Labute approximate surface area is 147 Å². The monoisotopic (exact) mass is 337 g/mol. The number of benzene rings is 2. The third-order valence-electron chi connectivity index (χ3n) is 4.51. The average Bonchev–Trinajstić information content (AvgIpc) is 2.65. The molecule has 4 heteroatoms. The van der Waals surface area contributed by atoms with E-state index in [1.807, 2.05) is 18.2 Å². The van der Waals surface area contributed by atoms with Gasteiger partial charge in [0, 0.05) is 30.6 Å². The van der Waals surface area contributed by atoms with Gasteiger partial charge in [0.15, 0.2) is 0 Å². The Morgan fingerprint density at radius 2 is 1.92 bits per heavy atom. The molecule has 0 saturated heterocycles. The van der Waals surface area contributed by atoms with Gasteiger partial charge in [-0.05, 0) is 35.6 Å². The van der Waals surface area contributed by atoms with E-state index in [4.69, 9.17) is 9.15 Å². The molecular weight excluding hydrogens is 314 g/mol. The first kappa shape index (κ1) is 17.2. The van der Waals surface area contributed by atoms with Crippen LogP contribution in [0.4, 0.5) is 0 Å². The van der Waals surface area contributed by atoms with Gasteiger partial charge in [-0.2, -0.15) is 0 Å². The van der Waals surface area contributed by atoms with Crippen molar-refractivity contribution in [2.75, 3.05) is 13.7 Å². The molecule has 1 aromatic heterocycles. The van der Waals surface area contributed by atoms with E-state index in [0.717, 1.165) is 23.9 Å². The second kappa shape index (κ2) is 7.99. The van der Waals surface area contributed by atoms with Crippen LogP contribution in [0.3, 0.4) is 0 Å². The topological polar surface area (TPSA) is 51.5 Å². The lowest BCUT2D eigenvalue weighted by Crippen LogP contribution is -2.21. The van der Waals surface area contributed by atoms with E-state index in [1.165, 1.54) is 5.56 Å².